The van der Waals surface area contributed by atoms with E-state index < -0.39 is 0 Å². The van der Waals surface area contributed by atoms with Gasteiger partial charge in [0, 0.05) is 24.8 Å². The van der Waals surface area contributed by atoms with E-state index in [1.54, 1.807) is 4.68 Å². The molecule has 1 aliphatic rings. The fourth-order valence-corrected chi connectivity index (χ4v) is 2.83. The standard InChI is InChI=1S/C15H28N4O/c1-14(12-18-5-3-2-4-6-18)9-16-10-15-11-17-19(13-15)7-8-20/h11,13-14,16,20H,2-10,12H2,1H3. The number of rotatable bonds is 8. The van der Waals surface area contributed by atoms with Crippen molar-refractivity contribution in [1.82, 2.24) is 20.0 Å². The van der Waals surface area contributed by atoms with Gasteiger partial charge in [0.1, 0.15) is 0 Å². The van der Waals surface area contributed by atoms with Gasteiger partial charge in [0.15, 0.2) is 0 Å². The van der Waals surface area contributed by atoms with Gasteiger partial charge >= 0.3 is 0 Å². The number of hydrogen-bond acceptors (Lipinski definition) is 4. The first-order chi connectivity index (χ1) is 9.78. The van der Waals surface area contributed by atoms with Gasteiger partial charge in [-0.05, 0) is 38.4 Å². The number of likely N-dealkylation sites (tertiary alicyclic amines) is 1. The fourth-order valence-electron chi connectivity index (χ4n) is 2.83. The van der Waals surface area contributed by atoms with Crippen LogP contribution in [0, 0.1) is 5.92 Å². The number of hydrogen-bond donors (Lipinski definition) is 2. The molecule has 1 atom stereocenters. The monoisotopic (exact) mass is 280 g/mol. The molecular formula is C15H28N4O. The number of nitrogens with zero attached hydrogens (tertiary/aromatic N) is 3. The summed E-state index contributed by atoms with van der Waals surface area (Å²) in [5.41, 5.74) is 1.18. The molecule has 0 amide bonds. The van der Waals surface area contributed by atoms with Gasteiger partial charge in [-0.15, -0.1) is 0 Å². The summed E-state index contributed by atoms with van der Waals surface area (Å²) >= 11 is 0. The molecule has 5 heteroatoms. The van der Waals surface area contributed by atoms with Crippen molar-refractivity contribution < 1.29 is 5.11 Å². The molecule has 2 N–H and O–H groups in total. The maximum Gasteiger partial charge on any atom is 0.0640 e. The lowest BCUT2D eigenvalue weighted by Gasteiger charge is -2.29. The number of nitrogens with one attached hydrogen (secondary N) is 1. The van der Waals surface area contributed by atoms with Crippen LogP contribution in [0.4, 0.5) is 0 Å². The molecule has 0 aromatic carbocycles. The van der Waals surface area contributed by atoms with Gasteiger partial charge in [-0.1, -0.05) is 13.3 Å². The molecule has 114 valence electrons. The predicted octanol–water partition coefficient (Wildman–Crippen LogP) is 1.09. The zero-order valence-electron chi connectivity index (χ0n) is 12.6. The average molecular weight is 280 g/mol. The Morgan fingerprint density at radius 1 is 1.35 bits per heavy atom. The van der Waals surface area contributed by atoms with Crippen molar-refractivity contribution in [3.05, 3.63) is 18.0 Å². The summed E-state index contributed by atoms with van der Waals surface area (Å²) in [5, 5.41) is 16.6. The minimum Gasteiger partial charge on any atom is -0.394 e. The Morgan fingerprint density at radius 2 is 2.15 bits per heavy atom. The van der Waals surface area contributed by atoms with Crippen molar-refractivity contribution in [3.8, 4) is 0 Å². The molecule has 0 radical (unpaired) electrons. The van der Waals surface area contributed by atoms with Crippen LogP contribution in [0.3, 0.4) is 0 Å². The van der Waals surface area contributed by atoms with E-state index in [0.29, 0.717) is 12.5 Å². The van der Waals surface area contributed by atoms with Gasteiger partial charge in [-0.3, -0.25) is 4.68 Å². The normalized spacial score (nSPS) is 18.3. The summed E-state index contributed by atoms with van der Waals surface area (Å²) in [6.07, 6.45) is 8.01. The summed E-state index contributed by atoms with van der Waals surface area (Å²) < 4.78 is 1.79. The van der Waals surface area contributed by atoms with E-state index in [0.717, 1.165) is 13.1 Å². The fraction of sp³-hybridized carbons (Fsp3) is 0.800. The molecular weight excluding hydrogens is 252 g/mol. The third-order valence-corrected chi connectivity index (χ3v) is 3.86. The molecule has 1 aromatic heterocycles. The zero-order chi connectivity index (χ0) is 14.2. The van der Waals surface area contributed by atoms with Crippen molar-refractivity contribution in [1.29, 1.82) is 0 Å². The third-order valence-electron chi connectivity index (χ3n) is 3.86. The first kappa shape index (κ1) is 15.5. The molecule has 0 spiro atoms. The minimum absolute atomic E-state index is 0.140. The van der Waals surface area contributed by atoms with Gasteiger partial charge in [0.25, 0.3) is 0 Å². The topological polar surface area (TPSA) is 53.3 Å². The highest BCUT2D eigenvalue weighted by Crippen LogP contribution is 2.10. The predicted molar refractivity (Wildman–Crippen MR) is 80.5 cm³/mol. The van der Waals surface area contributed by atoms with E-state index in [-0.39, 0.29) is 6.61 Å². The second-order valence-electron chi connectivity index (χ2n) is 5.93. The molecule has 0 saturated carbocycles. The van der Waals surface area contributed by atoms with Gasteiger partial charge in [0.2, 0.25) is 0 Å². The van der Waals surface area contributed by atoms with E-state index in [2.05, 4.69) is 22.2 Å². The highest BCUT2D eigenvalue weighted by molar-refractivity contribution is 5.03. The Morgan fingerprint density at radius 3 is 2.90 bits per heavy atom. The van der Waals surface area contributed by atoms with E-state index in [1.807, 2.05) is 12.4 Å². The van der Waals surface area contributed by atoms with Crippen molar-refractivity contribution in [3.63, 3.8) is 0 Å². The van der Waals surface area contributed by atoms with E-state index in [1.165, 1.54) is 44.5 Å². The second-order valence-corrected chi connectivity index (χ2v) is 5.93. The van der Waals surface area contributed by atoms with Crippen LogP contribution in [0.5, 0.6) is 0 Å². The number of aromatic nitrogens is 2. The minimum atomic E-state index is 0.140. The second kappa shape index (κ2) is 8.39. The first-order valence-corrected chi connectivity index (χ1v) is 7.83. The highest BCUT2D eigenvalue weighted by Gasteiger charge is 2.13. The number of aliphatic hydroxyl groups excluding tert-OH is 1. The molecule has 5 nitrogen and oxygen atoms in total. The van der Waals surface area contributed by atoms with E-state index in [9.17, 15) is 0 Å². The summed E-state index contributed by atoms with van der Waals surface area (Å²) in [5.74, 6) is 0.681. The van der Waals surface area contributed by atoms with Crippen LogP contribution in [-0.2, 0) is 13.1 Å². The van der Waals surface area contributed by atoms with Crippen LogP contribution in [0.2, 0.25) is 0 Å². The largest absolute Gasteiger partial charge is 0.394 e. The number of aliphatic hydroxyl groups is 1. The SMILES string of the molecule is CC(CNCc1cnn(CCO)c1)CN1CCCCC1. The molecule has 0 aliphatic carbocycles. The molecule has 1 saturated heterocycles. The maximum atomic E-state index is 8.85. The summed E-state index contributed by atoms with van der Waals surface area (Å²) in [4.78, 5) is 2.59. The van der Waals surface area contributed by atoms with Gasteiger partial charge in [-0.2, -0.15) is 5.10 Å². The molecule has 20 heavy (non-hydrogen) atoms. The maximum absolute atomic E-state index is 8.85. The molecule has 1 fully saturated rings. The lowest BCUT2D eigenvalue weighted by Crippen LogP contribution is -2.36. The van der Waals surface area contributed by atoms with Gasteiger partial charge in [0.05, 0.1) is 19.3 Å². The van der Waals surface area contributed by atoms with Crippen molar-refractivity contribution in [2.45, 2.75) is 39.3 Å². The van der Waals surface area contributed by atoms with Gasteiger partial charge < -0.3 is 15.3 Å². The third kappa shape index (κ3) is 5.23. The Hall–Kier alpha value is -0.910. The molecule has 0 bridgehead atoms. The highest BCUT2D eigenvalue weighted by atomic mass is 16.3. The molecule has 2 rings (SSSR count). The quantitative estimate of drug-likeness (QED) is 0.748. The molecule has 2 heterocycles. The summed E-state index contributed by atoms with van der Waals surface area (Å²) in [6.45, 7) is 8.69. The first-order valence-electron chi connectivity index (χ1n) is 7.83. The Labute approximate surface area is 122 Å². The Balaban J connectivity index is 1.61. The van der Waals surface area contributed by atoms with Crippen molar-refractivity contribution >= 4 is 0 Å². The van der Waals surface area contributed by atoms with Crippen LogP contribution in [0.15, 0.2) is 12.4 Å². The van der Waals surface area contributed by atoms with Crippen molar-refractivity contribution in [2.75, 3.05) is 32.8 Å². The Kier molecular flexibility index (Phi) is 6.50. The lowest BCUT2D eigenvalue weighted by atomic mass is 10.1. The van der Waals surface area contributed by atoms with Gasteiger partial charge in [-0.25, -0.2) is 0 Å². The van der Waals surface area contributed by atoms with Crippen LogP contribution in [-0.4, -0.2) is 52.6 Å². The van der Waals surface area contributed by atoms with Crippen LogP contribution >= 0.6 is 0 Å². The molecule has 1 unspecified atom stereocenters. The number of piperidine rings is 1. The average Bonchev–Trinajstić information content (AvgIpc) is 2.88. The Bertz CT molecular complexity index is 374. The molecule has 1 aromatic rings. The zero-order valence-corrected chi connectivity index (χ0v) is 12.6. The van der Waals surface area contributed by atoms with Crippen molar-refractivity contribution in [2.24, 2.45) is 5.92 Å². The summed E-state index contributed by atoms with van der Waals surface area (Å²) in [6, 6.07) is 0. The van der Waals surface area contributed by atoms with Crippen LogP contribution < -0.4 is 5.32 Å². The van der Waals surface area contributed by atoms with E-state index in [4.69, 9.17) is 5.11 Å². The lowest BCUT2D eigenvalue weighted by molar-refractivity contribution is 0.199. The van der Waals surface area contributed by atoms with Crippen LogP contribution in [0.25, 0.3) is 0 Å². The molecule has 1 aliphatic heterocycles. The van der Waals surface area contributed by atoms with E-state index >= 15 is 0 Å². The smallest absolute Gasteiger partial charge is 0.0640 e. The van der Waals surface area contributed by atoms with Crippen LogP contribution in [0.1, 0.15) is 31.7 Å². The summed E-state index contributed by atoms with van der Waals surface area (Å²) in [7, 11) is 0.